The summed E-state index contributed by atoms with van der Waals surface area (Å²) >= 11 is 0. The summed E-state index contributed by atoms with van der Waals surface area (Å²) in [5, 5.41) is 36.2. The average Bonchev–Trinajstić information content (AvgIpc) is 0.861. The van der Waals surface area contributed by atoms with Gasteiger partial charge in [-0.15, -0.1) is 0 Å². The van der Waals surface area contributed by atoms with E-state index in [-0.39, 0.29) is 118 Å². The Balaban J connectivity index is -0.000000212. The molecule has 8 unspecified atom stereocenters. The number of hydrogen-bond donors (Lipinski definition) is 12. The molecule has 648 valence electrons. The summed E-state index contributed by atoms with van der Waals surface area (Å²) in [5.74, 6) is 0. The van der Waals surface area contributed by atoms with Crippen molar-refractivity contribution in [3.05, 3.63) is 49.4 Å². The molecule has 0 saturated heterocycles. The van der Waals surface area contributed by atoms with Crippen LogP contribution in [0.25, 0.3) is 0 Å². The van der Waals surface area contributed by atoms with Crippen LogP contribution in [0.15, 0.2) is 49.4 Å². The summed E-state index contributed by atoms with van der Waals surface area (Å²) in [6.07, 6.45) is 76.8. The molecule has 0 heterocycles. The first kappa shape index (κ1) is 131. The summed E-state index contributed by atoms with van der Waals surface area (Å²) < 4.78 is 105. The maximum Gasteiger partial charge on any atom is 1.00 e. The summed E-state index contributed by atoms with van der Waals surface area (Å²) in [5.41, 5.74) is -11.3. The molecule has 0 saturated carbocycles. The van der Waals surface area contributed by atoms with Crippen LogP contribution in [-0.2, 0) is 54.6 Å². The zero-order valence-electron chi connectivity index (χ0n) is 70.0. The second kappa shape index (κ2) is 85.2. The van der Waals surface area contributed by atoms with Gasteiger partial charge in [-0.3, -0.25) is 36.5 Å². The molecule has 0 amide bonds. The van der Waals surface area contributed by atoms with E-state index in [1.165, 1.54) is 281 Å². The van der Waals surface area contributed by atoms with Crippen molar-refractivity contribution in [2.24, 2.45) is 0 Å². The second-order valence-electron chi connectivity index (χ2n) is 27.9. The van der Waals surface area contributed by atoms with Crippen LogP contribution < -0.4 is 138 Å². The van der Waals surface area contributed by atoms with E-state index >= 15 is 0 Å². The van der Waals surface area contributed by atoms with Crippen LogP contribution in [0.3, 0.4) is 0 Å². The molecule has 0 bridgehead atoms. The average molecular weight is 1800 g/mol. The van der Waals surface area contributed by atoms with Crippen LogP contribution in [0.5, 0.6) is 0 Å². The van der Waals surface area contributed by atoms with E-state index in [4.69, 9.17) is 59.6 Å². The molecule has 28 nitrogen and oxygen atoms in total. The third-order valence-corrected chi connectivity index (χ3v) is 30.8. The fraction of sp³-hybridized carbons (Fsp3) is 0.889. The molecule has 0 aromatic rings. The third-order valence-electron chi connectivity index (χ3n) is 17.4. The van der Waals surface area contributed by atoms with Gasteiger partial charge in [0.1, 0.15) is 0 Å². The smallest absolute Gasteiger partial charge is 0.767 e. The molecule has 8 atom stereocenters. The van der Waals surface area contributed by atoms with Gasteiger partial charge in [0.2, 0.25) is 52.7 Å². The maximum absolute atomic E-state index is 11.3. The van der Waals surface area contributed by atoms with E-state index in [2.05, 4.69) is 45.8 Å². The minimum atomic E-state index is -5.15. The predicted molar refractivity (Wildman–Crippen MR) is 425 cm³/mol. The Bertz CT molecular complexity index is 2270. The Hall–Kier alpha value is 3.36. The second-order valence-corrected chi connectivity index (χ2v) is 43.4. The molecular formula is C72H148Na4O28P8. The molecular weight excluding hydrogens is 1650 g/mol. The third kappa shape index (κ3) is 88.2. The van der Waals surface area contributed by atoms with Crippen molar-refractivity contribution in [3.8, 4) is 0 Å². The summed E-state index contributed by atoms with van der Waals surface area (Å²) in [7, 11) is -40.7. The van der Waals surface area contributed by atoms with Gasteiger partial charge in [0, 0.05) is 0 Å². The Kier molecular flexibility index (Phi) is 99.5. The maximum atomic E-state index is 11.3. The van der Waals surface area contributed by atoms with Crippen LogP contribution >= 0.6 is 60.8 Å². The van der Waals surface area contributed by atoms with E-state index in [1.807, 2.05) is 0 Å². The first-order valence-electron chi connectivity index (χ1n) is 40.4. The van der Waals surface area contributed by atoms with Gasteiger partial charge >= 0.3 is 149 Å². The fourth-order valence-electron chi connectivity index (χ4n) is 10.9. The SMILES string of the molecule is CCCCCCCCCCCCCCCC=COP(=O)([O-])C(O)P(=O)(O)O.CCCCCCCCCCCCCCCC=COP(=O)([O-])C(O)P(=O)(O)O.CCCCCCCCCCCCCCCC=COP(=O)([O-])C(O)P(=O)(O)O.CCCCCCCCCCCCCCCC=COP(=O)([O-])C(O)P(=O)(O)O.[Na+].[Na+].[Na+].[Na+]. The van der Waals surface area contributed by atoms with Crippen molar-refractivity contribution in [2.75, 3.05) is 0 Å². The number of aliphatic hydroxyl groups excluding tert-OH is 4. The Morgan fingerprint density at radius 2 is 0.312 bits per heavy atom. The van der Waals surface area contributed by atoms with E-state index in [0.717, 1.165) is 102 Å². The molecule has 12 N–H and O–H groups in total. The number of allylic oxidation sites excluding steroid dienone is 4. The van der Waals surface area contributed by atoms with Crippen molar-refractivity contribution in [1.82, 2.24) is 0 Å². The van der Waals surface area contributed by atoms with Crippen LogP contribution in [0, 0.1) is 0 Å². The number of aliphatic hydroxyl groups is 4. The van der Waals surface area contributed by atoms with Crippen molar-refractivity contribution >= 4 is 60.8 Å². The van der Waals surface area contributed by atoms with E-state index < -0.39 is 83.1 Å². The minimum Gasteiger partial charge on any atom is -0.767 e. The van der Waals surface area contributed by atoms with Crippen LogP contribution in [0.1, 0.15) is 387 Å². The Morgan fingerprint density at radius 1 is 0.214 bits per heavy atom. The molecule has 0 fully saturated rings. The molecule has 0 aliphatic rings. The van der Waals surface area contributed by atoms with Crippen molar-refractivity contribution in [2.45, 2.75) is 410 Å². The first-order chi connectivity index (χ1) is 50.9. The molecule has 0 aliphatic heterocycles. The van der Waals surface area contributed by atoms with Crippen LogP contribution in [0.4, 0.5) is 0 Å². The van der Waals surface area contributed by atoms with E-state index in [0.29, 0.717) is 25.7 Å². The standard InChI is InChI=1S/4C18H38O7P2.4Na/c4*1-2-3-4-5-6-7-8-9-10-11-12-13-14-15-16-17-25-27(23,24)18(19)26(20,21)22;;;;/h4*16-19H,2-15H2,1H3,(H,23,24)(H2,20,21,22);;;;/q;;;;4*+1/p-4. The zero-order chi connectivity index (χ0) is 82.4. The van der Waals surface area contributed by atoms with Gasteiger partial charge in [0.15, 0.2) is 0 Å². The Labute approximate surface area is 763 Å². The van der Waals surface area contributed by atoms with Gasteiger partial charge in [-0.2, -0.15) is 0 Å². The normalized spacial score (nSPS) is 15.2. The van der Waals surface area contributed by atoms with E-state index in [9.17, 15) is 56.1 Å². The molecule has 0 radical (unpaired) electrons. The van der Waals surface area contributed by atoms with Crippen molar-refractivity contribution < 1.29 is 252 Å². The summed E-state index contributed by atoms with van der Waals surface area (Å²) in [4.78, 5) is 114. The molecule has 0 rings (SSSR count). The Morgan fingerprint density at radius 3 is 0.411 bits per heavy atom. The number of hydrogen-bond acceptors (Lipinski definition) is 20. The monoisotopic (exact) mass is 1800 g/mol. The van der Waals surface area contributed by atoms with Crippen molar-refractivity contribution in [1.29, 1.82) is 0 Å². The molecule has 112 heavy (non-hydrogen) atoms. The fourth-order valence-corrected chi connectivity index (χ4v) is 18.9. The van der Waals surface area contributed by atoms with Gasteiger partial charge in [-0.25, -0.2) is 0 Å². The van der Waals surface area contributed by atoms with Gasteiger partial charge in [-0.05, 0) is 75.7 Å². The topological polar surface area (TPSA) is 508 Å². The largest absolute Gasteiger partial charge is 1.00 e. The molecule has 0 aliphatic carbocycles. The molecule has 0 aromatic heterocycles. The quantitative estimate of drug-likeness (QED) is 0.0119. The van der Waals surface area contributed by atoms with Crippen molar-refractivity contribution in [3.63, 3.8) is 0 Å². The minimum absolute atomic E-state index is 0. The molecule has 0 aromatic carbocycles. The van der Waals surface area contributed by atoms with Gasteiger partial charge < -0.3 is 97.2 Å². The molecule has 0 spiro atoms. The summed E-state index contributed by atoms with van der Waals surface area (Å²) in [6, 6.07) is 0. The summed E-state index contributed by atoms with van der Waals surface area (Å²) in [6.45, 7) is 8.93. The zero-order valence-corrected chi connectivity index (χ0v) is 85.2. The number of rotatable bonds is 72. The molecule has 40 heteroatoms. The van der Waals surface area contributed by atoms with Gasteiger partial charge in [0.05, 0.1) is 25.0 Å². The first-order valence-corrected chi connectivity index (χ1v) is 53.5. The van der Waals surface area contributed by atoms with Crippen LogP contribution in [-0.4, -0.2) is 81.9 Å². The van der Waals surface area contributed by atoms with Gasteiger partial charge in [0.25, 0.3) is 0 Å². The van der Waals surface area contributed by atoms with E-state index in [1.54, 1.807) is 0 Å². The van der Waals surface area contributed by atoms with Crippen LogP contribution in [0.2, 0.25) is 0 Å². The number of unbranched alkanes of at least 4 members (excludes halogenated alkanes) is 52. The van der Waals surface area contributed by atoms with Gasteiger partial charge in [-0.1, -0.05) is 336 Å². The predicted octanol–water partition coefficient (Wildman–Crippen LogP) is 8.04.